The minimum atomic E-state index is 0.474. The van der Waals surface area contributed by atoms with Gasteiger partial charge in [-0.15, -0.1) is 5.09 Å². The van der Waals surface area contributed by atoms with Crippen LogP contribution in [-0.4, -0.2) is 7.05 Å². The van der Waals surface area contributed by atoms with E-state index in [4.69, 9.17) is 0 Å². The van der Waals surface area contributed by atoms with Gasteiger partial charge in [0.25, 0.3) is 0 Å². The maximum atomic E-state index is 4.47. The predicted octanol–water partition coefficient (Wildman–Crippen LogP) is 0.261. The molecule has 1 unspecified atom stereocenters. The van der Waals surface area contributed by atoms with Gasteiger partial charge in [-0.1, -0.05) is 0 Å². The molecule has 0 heterocycles. The van der Waals surface area contributed by atoms with Gasteiger partial charge in [0.05, 0.1) is 0 Å². The van der Waals surface area contributed by atoms with E-state index in [1.54, 1.807) is 0 Å². The van der Waals surface area contributed by atoms with Gasteiger partial charge in [0.1, 0.15) is 0 Å². The van der Waals surface area contributed by atoms with Crippen LogP contribution in [0.2, 0.25) is 0 Å². The predicted molar refractivity (Wildman–Crippen MR) is 24.7 cm³/mol. The molecule has 0 aromatic rings. The molecule has 1 nitrogen and oxygen atoms in total. The van der Waals surface area contributed by atoms with E-state index in [0.717, 1.165) is 0 Å². The molecule has 0 fully saturated rings. The van der Waals surface area contributed by atoms with E-state index in [1.807, 2.05) is 7.05 Å². The fourth-order valence-electron chi connectivity index (χ4n) is 0. The summed E-state index contributed by atoms with van der Waals surface area (Å²) in [5, 5.41) is 2.77. The van der Waals surface area contributed by atoms with Crippen LogP contribution in [0.1, 0.15) is 0 Å². The van der Waals surface area contributed by atoms with Crippen molar-refractivity contribution in [1.29, 1.82) is 0 Å². The lowest BCUT2D eigenvalue weighted by Crippen LogP contribution is -1.77. The topological polar surface area (TPSA) is 12.0 Å². The third kappa shape index (κ3) is 2.48. The fraction of sp³-hybridized carbons (Fsp3) is 1.00. The maximum absolute atomic E-state index is 4.47. The molecule has 0 aromatic carbocycles. The molecule has 0 saturated carbocycles. The van der Waals surface area contributed by atoms with Crippen LogP contribution in [0, 0.1) is 0 Å². The lowest BCUT2D eigenvalue weighted by molar-refractivity contribution is 1.30. The van der Waals surface area contributed by atoms with Gasteiger partial charge in [-0.05, 0) is 0 Å². The molecule has 0 rings (SSSR count). The van der Waals surface area contributed by atoms with E-state index < -0.39 is 0 Å². The molecule has 0 amide bonds. The molecule has 0 aliphatic carbocycles. The highest BCUT2D eigenvalue weighted by molar-refractivity contribution is 7.95. The fourth-order valence-corrected chi connectivity index (χ4v) is 0. The largest absolute Gasteiger partial charge is 0.249 e. The Morgan fingerprint density at radius 2 is 2.25 bits per heavy atom. The third-order valence-electron chi connectivity index (χ3n) is 0.102. The highest BCUT2D eigenvalue weighted by Crippen LogP contribution is 1.69. The molecular formula is CH5NPS+. The first-order valence-electron chi connectivity index (χ1n) is 0.954. The lowest BCUT2D eigenvalue weighted by Gasteiger charge is -1.49. The minimum absolute atomic E-state index is 0.474. The average molecular weight is 94.1 g/mol. The normalized spacial score (nSPS) is 8.25. The smallest absolute Gasteiger partial charge is 0.138 e. The Labute approximate surface area is 32.3 Å². The summed E-state index contributed by atoms with van der Waals surface area (Å²) in [5.41, 5.74) is 0. The van der Waals surface area contributed by atoms with Crippen molar-refractivity contribution in [2.24, 2.45) is 0 Å². The number of nitrogens with one attached hydrogen (secondary N) is 1. The van der Waals surface area contributed by atoms with Crippen molar-refractivity contribution in [1.82, 2.24) is 5.09 Å². The second kappa shape index (κ2) is 3.48. The number of hydrogen-bond acceptors (Lipinski definition) is 1. The summed E-state index contributed by atoms with van der Waals surface area (Å²) < 4.78 is 0. The zero-order valence-corrected chi connectivity index (χ0v) is 4.22. The molecule has 1 atom stereocenters. The Bertz CT molecular complexity index is 22.0. The highest BCUT2D eigenvalue weighted by atomic mass is 32.4. The first-order chi connectivity index (χ1) is 1.91. The average Bonchev–Trinajstić information content (AvgIpc) is 1.37. The lowest BCUT2D eigenvalue weighted by atomic mass is 11.6. The van der Waals surface area contributed by atoms with Crippen molar-refractivity contribution >= 4 is 19.3 Å². The Morgan fingerprint density at radius 1 is 2.00 bits per heavy atom. The summed E-state index contributed by atoms with van der Waals surface area (Å²) in [7, 11) is 2.31. The van der Waals surface area contributed by atoms with Crippen molar-refractivity contribution in [3.05, 3.63) is 0 Å². The monoisotopic (exact) mass is 94.0 g/mol. The van der Waals surface area contributed by atoms with Gasteiger partial charge in [-0.2, -0.15) is 0 Å². The van der Waals surface area contributed by atoms with Gasteiger partial charge in [0.15, 0.2) is 11.8 Å². The maximum Gasteiger partial charge on any atom is 0.249 e. The van der Waals surface area contributed by atoms with Gasteiger partial charge in [-0.25, -0.2) is 0 Å². The van der Waals surface area contributed by atoms with Crippen molar-refractivity contribution in [3.8, 4) is 0 Å². The second-order valence-electron chi connectivity index (χ2n) is 0.352. The van der Waals surface area contributed by atoms with Crippen LogP contribution in [0.15, 0.2) is 0 Å². The standard InChI is InChI=1S/CH4NPS/c1-2-3-4/h1H3,(H,2,4)/p+1. The molecule has 1 N–H and O–H groups in total. The Hall–Kier alpha value is 0.480. The first kappa shape index (κ1) is 4.48. The van der Waals surface area contributed by atoms with Gasteiger partial charge in [-0.3, -0.25) is 0 Å². The van der Waals surface area contributed by atoms with Crippen LogP contribution >= 0.6 is 7.51 Å². The molecule has 0 aromatic heterocycles. The van der Waals surface area contributed by atoms with Gasteiger partial charge >= 0.3 is 0 Å². The number of rotatable bonds is 1. The van der Waals surface area contributed by atoms with Crippen LogP contribution in [0.5, 0.6) is 0 Å². The van der Waals surface area contributed by atoms with Gasteiger partial charge in [0, 0.05) is 7.05 Å². The Balaban J connectivity index is 2.30. The summed E-state index contributed by atoms with van der Waals surface area (Å²) >= 11 is 4.47. The molecule has 0 spiro atoms. The van der Waals surface area contributed by atoms with E-state index in [2.05, 4.69) is 16.9 Å². The molecule has 3 heteroatoms. The van der Waals surface area contributed by atoms with Crippen LogP contribution in [-0.2, 0) is 11.8 Å². The summed E-state index contributed by atoms with van der Waals surface area (Å²) in [6.45, 7) is 0. The molecule has 0 aliphatic rings. The van der Waals surface area contributed by atoms with Crippen LogP contribution in [0.25, 0.3) is 0 Å². The SMILES string of the molecule is CN[PH+]=S. The molecule has 0 radical (unpaired) electrons. The first-order valence-corrected chi connectivity index (χ1v) is 3.09. The van der Waals surface area contributed by atoms with Gasteiger partial charge < -0.3 is 0 Å². The quantitative estimate of drug-likeness (QED) is 0.468. The summed E-state index contributed by atoms with van der Waals surface area (Å²) in [6.07, 6.45) is 0. The van der Waals surface area contributed by atoms with E-state index in [-0.39, 0.29) is 0 Å². The van der Waals surface area contributed by atoms with Crippen molar-refractivity contribution in [2.45, 2.75) is 0 Å². The molecule has 0 saturated heterocycles. The number of hydrogen-bond donors (Lipinski definition) is 1. The van der Waals surface area contributed by atoms with Crippen molar-refractivity contribution in [3.63, 3.8) is 0 Å². The van der Waals surface area contributed by atoms with Crippen molar-refractivity contribution < 1.29 is 0 Å². The molecule has 4 heavy (non-hydrogen) atoms. The second-order valence-corrected chi connectivity index (χ2v) is 1.67. The third-order valence-corrected chi connectivity index (χ3v) is 0.919. The Morgan fingerprint density at radius 3 is 2.25 bits per heavy atom. The summed E-state index contributed by atoms with van der Waals surface area (Å²) in [4.78, 5) is 0. The van der Waals surface area contributed by atoms with E-state index >= 15 is 0 Å². The molecule has 24 valence electrons. The van der Waals surface area contributed by atoms with Gasteiger partial charge in [0.2, 0.25) is 7.51 Å². The Kier molecular flexibility index (Phi) is 3.90. The van der Waals surface area contributed by atoms with Crippen LogP contribution in [0.3, 0.4) is 0 Å². The highest BCUT2D eigenvalue weighted by Gasteiger charge is 1.56. The van der Waals surface area contributed by atoms with E-state index in [9.17, 15) is 0 Å². The van der Waals surface area contributed by atoms with Crippen LogP contribution < -0.4 is 5.09 Å². The summed E-state index contributed by atoms with van der Waals surface area (Å²) in [5.74, 6) is 0. The molecule has 0 bridgehead atoms. The zero-order valence-electron chi connectivity index (χ0n) is 2.41. The minimum Gasteiger partial charge on any atom is -0.138 e. The van der Waals surface area contributed by atoms with E-state index in [1.165, 1.54) is 0 Å². The zero-order chi connectivity index (χ0) is 3.41. The molecule has 0 aliphatic heterocycles. The van der Waals surface area contributed by atoms with Crippen molar-refractivity contribution in [2.75, 3.05) is 7.05 Å². The molecular weight excluding hydrogens is 89.1 g/mol. The van der Waals surface area contributed by atoms with Crippen LogP contribution in [0.4, 0.5) is 0 Å². The summed E-state index contributed by atoms with van der Waals surface area (Å²) in [6, 6.07) is 0. The van der Waals surface area contributed by atoms with E-state index in [0.29, 0.717) is 7.51 Å².